The van der Waals surface area contributed by atoms with Gasteiger partial charge in [-0.1, -0.05) is 13.0 Å². The Morgan fingerprint density at radius 3 is 2.89 bits per heavy atom. The highest BCUT2D eigenvalue weighted by Crippen LogP contribution is 2.15. The van der Waals surface area contributed by atoms with Crippen LogP contribution in [0, 0.1) is 0 Å². The lowest BCUT2D eigenvalue weighted by atomic mass is 10.3. The predicted octanol–water partition coefficient (Wildman–Crippen LogP) is 2.21. The number of amides is 2. The summed E-state index contributed by atoms with van der Waals surface area (Å²) in [5, 5.41) is 9.76. The summed E-state index contributed by atoms with van der Waals surface area (Å²) in [5.74, 6) is 0. The van der Waals surface area contributed by atoms with E-state index in [-0.39, 0.29) is 6.03 Å². The number of carbonyl (C=O) groups excluding carboxylic acids is 1. The molecule has 6 nitrogen and oxygen atoms in total. The Hall–Kier alpha value is -2.50. The summed E-state index contributed by atoms with van der Waals surface area (Å²) in [6.07, 6.45) is 2.53. The summed E-state index contributed by atoms with van der Waals surface area (Å²) in [4.78, 5) is 11.9. The van der Waals surface area contributed by atoms with Crippen molar-refractivity contribution < 1.29 is 4.79 Å². The molecule has 1 heterocycles. The Kier molecular flexibility index (Phi) is 3.70. The normalized spacial score (nSPS) is 10.2. The summed E-state index contributed by atoms with van der Waals surface area (Å²) < 4.78 is 1.68. The van der Waals surface area contributed by atoms with Gasteiger partial charge in [0.15, 0.2) is 0 Å². The van der Waals surface area contributed by atoms with Gasteiger partial charge in [0.05, 0.1) is 11.4 Å². The van der Waals surface area contributed by atoms with Crippen molar-refractivity contribution in [2.24, 2.45) is 7.05 Å². The first-order valence-corrected chi connectivity index (χ1v) is 6.04. The molecule has 0 aliphatic carbocycles. The number of hydrogen-bond donors (Lipinski definition) is 3. The number of aryl methyl sites for hydroxylation is 2. The van der Waals surface area contributed by atoms with Gasteiger partial charge in [0.25, 0.3) is 0 Å². The van der Waals surface area contributed by atoms with E-state index in [2.05, 4.69) is 15.7 Å². The Morgan fingerprint density at radius 2 is 2.21 bits per heavy atom. The highest BCUT2D eigenvalue weighted by atomic mass is 16.2. The molecule has 0 saturated carbocycles. The molecule has 0 aliphatic heterocycles. The summed E-state index contributed by atoms with van der Waals surface area (Å²) in [6.45, 7) is 1.99. The molecule has 0 radical (unpaired) electrons. The number of nitrogens with zero attached hydrogens (tertiary/aromatic N) is 2. The van der Waals surface area contributed by atoms with Crippen molar-refractivity contribution in [3.05, 3.63) is 36.2 Å². The van der Waals surface area contributed by atoms with Gasteiger partial charge in [-0.2, -0.15) is 5.10 Å². The summed E-state index contributed by atoms with van der Waals surface area (Å²) in [5.41, 5.74) is 8.47. The van der Waals surface area contributed by atoms with Gasteiger partial charge in [0, 0.05) is 24.6 Å². The first-order valence-electron chi connectivity index (χ1n) is 6.04. The van der Waals surface area contributed by atoms with E-state index in [1.54, 1.807) is 35.1 Å². The maximum absolute atomic E-state index is 11.9. The maximum Gasteiger partial charge on any atom is 0.323 e. The lowest BCUT2D eigenvalue weighted by Crippen LogP contribution is -2.19. The van der Waals surface area contributed by atoms with Crippen LogP contribution in [0.4, 0.5) is 21.9 Å². The Bertz CT molecular complexity index is 590. The average Bonchev–Trinajstić information content (AvgIpc) is 2.69. The summed E-state index contributed by atoms with van der Waals surface area (Å²) in [6, 6.07) is 6.71. The minimum Gasteiger partial charge on any atom is -0.399 e. The third-order valence-electron chi connectivity index (χ3n) is 2.63. The number of anilines is 3. The lowest BCUT2D eigenvalue weighted by Gasteiger charge is -2.07. The SMILES string of the molecule is CCc1nn(C)cc1NC(=O)Nc1cccc(N)c1. The fraction of sp³-hybridized carbons (Fsp3) is 0.231. The van der Waals surface area contributed by atoms with E-state index in [9.17, 15) is 4.79 Å². The second kappa shape index (κ2) is 5.43. The van der Waals surface area contributed by atoms with E-state index in [1.807, 2.05) is 14.0 Å². The largest absolute Gasteiger partial charge is 0.399 e. The van der Waals surface area contributed by atoms with Crippen LogP contribution in [0.2, 0.25) is 0 Å². The summed E-state index contributed by atoms with van der Waals surface area (Å²) in [7, 11) is 1.82. The fourth-order valence-electron chi connectivity index (χ4n) is 1.80. The molecule has 0 saturated heterocycles. The molecule has 6 heteroatoms. The van der Waals surface area contributed by atoms with E-state index < -0.39 is 0 Å². The number of hydrogen-bond acceptors (Lipinski definition) is 3. The van der Waals surface area contributed by atoms with Gasteiger partial charge >= 0.3 is 6.03 Å². The quantitative estimate of drug-likeness (QED) is 0.739. The zero-order valence-electron chi connectivity index (χ0n) is 11.0. The molecule has 0 unspecified atom stereocenters. The molecule has 0 aliphatic rings. The minimum atomic E-state index is -0.312. The number of aromatic nitrogens is 2. The van der Waals surface area contributed by atoms with Crippen molar-refractivity contribution in [3.63, 3.8) is 0 Å². The highest BCUT2D eigenvalue weighted by Gasteiger charge is 2.09. The minimum absolute atomic E-state index is 0.312. The van der Waals surface area contributed by atoms with E-state index in [0.717, 1.165) is 12.1 Å². The molecule has 2 amide bonds. The van der Waals surface area contributed by atoms with Crippen LogP contribution in [0.25, 0.3) is 0 Å². The van der Waals surface area contributed by atoms with E-state index in [1.165, 1.54) is 0 Å². The van der Waals surface area contributed by atoms with Crippen LogP contribution in [-0.4, -0.2) is 15.8 Å². The zero-order chi connectivity index (χ0) is 13.8. The lowest BCUT2D eigenvalue weighted by molar-refractivity contribution is 0.262. The third kappa shape index (κ3) is 3.25. The van der Waals surface area contributed by atoms with Crippen molar-refractivity contribution in [2.45, 2.75) is 13.3 Å². The standard InChI is InChI=1S/C13H17N5O/c1-3-11-12(8-18(2)17-11)16-13(19)15-10-6-4-5-9(14)7-10/h4-8H,3,14H2,1-2H3,(H2,15,16,19). The van der Waals surface area contributed by atoms with Crippen molar-refractivity contribution in [1.82, 2.24) is 9.78 Å². The Morgan fingerprint density at radius 1 is 1.42 bits per heavy atom. The van der Waals surface area contributed by atoms with E-state index in [4.69, 9.17) is 5.73 Å². The Labute approximate surface area is 111 Å². The maximum atomic E-state index is 11.9. The average molecular weight is 259 g/mol. The number of carbonyl (C=O) groups is 1. The second-order valence-electron chi connectivity index (χ2n) is 4.22. The van der Waals surface area contributed by atoms with Crippen molar-refractivity contribution >= 4 is 23.1 Å². The van der Waals surface area contributed by atoms with Gasteiger partial charge < -0.3 is 16.4 Å². The topological polar surface area (TPSA) is 85.0 Å². The zero-order valence-corrected chi connectivity index (χ0v) is 11.0. The van der Waals surface area contributed by atoms with Crippen LogP contribution in [0.1, 0.15) is 12.6 Å². The van der Waals surface area contributed by atoms with Crippen LogP contribution in [0.3, 0.4) is 0 Å². The van der Waals surface area contributed by atoms with Crippen LogP contribution < -0.4 is 16.4 Å². The van der Waals surface area contributed by atoms with Crippen molar-refractivity contribution in [3.8, 4) is 0 Å². The molecule has 4 N–H and O–H groups in total. The number of rotatable bonds is 3. The molecule has 2 aromatic rings. The van der Waals surface area contributed by atoms with Crippen LogP contribution in [0.15, 0.2) is 30.5 Å². The molecule has 1 aromatic carbocycles. The number of nitrogens with one attached hydrogen (secondary N) is 2. The first-order chi connectivity index (χ1) is 9.08. The Balaban J connectivity index is 2.05. The van der Waals surface area contributed by atoms with Gasteiger partial charge in [-0.3, -0.25) is 4.68 Å². The molecule has 0 fully saturated rings. The number of nitrogens with two attached hydrogens (primary N) is 1. The molecule has 0 bridgehead atoms. The highest BCUT2D eigenvalue weighted by molar-refractivity contribution is 6.00. The van der Waals surface area contributed by atoms with E-state index >= 15 is 0 Å². The van der Waals surface area contributed by atoms with Crippen molar-refractivity contribution in [2.75, 3.05) is 16.4 Å². The molecule has 0 atom stereocenters. The number of urea groups is 1. The first kappa shape index (κ1) is 12.9. The molecule has 2 rings (SSSR count). The van der Waals surface area contributed by atoms with Gasteiger partial charge in [-0.15, -0.1) is 0 Å². The molecule has 100 valence electrons. The second-order valence-corrected chi connectivity index (χ2v) is 4.22. The monoisotopic (exact) mass is 259 g/mol. The summed E-state index contributed by atoms with van der Waals surface area (Å²) >= 11 is 0. The fourth-order valence-corrected chi connectivity index (χ4v) is 1.80. The van der Waals surface area contributed by atoms with Crippen LogP contribution >= 0.6 is 0 Å². The third-order valence-corrected chi connectivity index (χ3v) is 2.63. The number of benzene rings is 1. The smallest absolute Gasteiger partial charge is 0.323 e. The molecular formula is C13H17N5O. The van der Waals surface area contributed by atoms with Gasteiger partial charge in [-0.25, -0.2) is 4.79 Å². The van der Waals surface area contributed by atoms with Gasteiger partial charge in [-0.05, 0) is 24.6 Å². The van der Waals surface area contributed by atoms with Crippen molar-refractivity contribution in [1.29, 1.82) is 0 Å². The van der Waals surface area contributed by atoms with Crippen LogP contribution in [-0.2, 0) is 13.5 Å². The molecule has 19 heavy (non-hydrogen) atoms. The number of nitrogen functional groups attached to an aromatic ring is 1. The molecule has 0 spiro atoms. The van der Waals surface area contributed by atoms with E-state index in [0.29, 0.717) is 17.1 Å². The molecule has 1 aromatic heterocycles. The van der Waals surface area contributed by atoms with Crippen LogP contribution in [0.5, 0.6) is 0 Å². The van der Waals surface area contributed by atoms with Gasteiger partial charge in [0.2, 0.25) is 0 Å². The molecular weight excluding hydrogens is 242 g/mol. The van der Waals surface area contributed by atoms with Gasteiger partial charge in [0.1, 0.15) is 0 Å². The predicted molar refractivity (Wildman–Crippen MR) is 76.1 cm³/mol.